The lowest BCUT2D eigenvalue weighted by atomic mass is 9.87. The summed E-state index contributed by atoms with van der Waals surface area (Å²) < 4.78 is 0. The highest BCUT2D eigenvalue weighted by atomic mass is 16.3. The molecule has 2 heteroatoms. The Morgan fingerprint density at radius 3 is 1.94 bits per heavy atom. The molecule has 0 spiro atoms. The van der Waals surface area contributed by atoms with E-state index in [0.717, 1.165) is 16.7 Å². The van der Waals surface area contributed by atoms with Crippen molar-refractivity contribution in [1.29, 1.82) is 0 Å². The minimum absolute atomic E-state index is 0.655. The molecule has 0 aromatic heterocycles. The number of aryl methyl sites for hydroxylation is 1. The smallest absolute Gasteiger partial charge is 0.0866 e. The van der Waals surface area contributed by atoms with Crippen molar-refractivity contribution in [2.45, 2.75) is 52.2 Å². The first-order valence-corrected chi connectivity index (χ1v) is 5.74. The Balaban J connectivity index is 3.29. The standard InChI is InChI=1S/C14H22O2/c1-6-14(5,16)12-8-10(2)7-11(9-12)13(3,4)15/h7-9,15-16H,6H2,1-5H3. The fraction of sp³-hybridized carbons (Fsp3) is 0.571. The molecular weight excluding hydrogens is 200 g/mol. The quantitative estimate of drug-likeness (QED) is 0.825. The van der Waals surface area contributed by atoms with Crippen molar-refractivity contribution in [3.63, 3.8) is 0 Å². The molecule has 0 amide bonds. The largest absolute Gasteiger partial charge is 0.386 e. The monoisotopic (exact) mass is 222 g/mol. The van der Waals surface area contributed by atoms with Crippen molar-refractivity contribution in [2.24, 2.45) is 0 Å². The molecule has 0 heterocycles. The second-order valence-corrected chi connectivity index (χ2v) is 5.27. The predicted molar refractivity (Wildman–Crippen MR) is 66.3 cm³/mol. The van der Waals surface area contributed by atoms with E-state index in [-0.39, 0.29) is 0 Å². The van der Waals surface area contributed by atoms with Crippen LogP contribution in [0, 0.1) is 6.92 Å². The Morgan fingerprint density at radius 2 is 1.50 bits per heavy atom. The van der Waals surface area contributed by atoms with Crippen LogP contribution in [-0.2, 0) is 11.2 Å². The van der Waals surface area contributed by atoms with E-state index in [9.17, 15) is 10.2 Å². The first-order chi connectivity index (χ1) is 7.16. The predicted octanol–water partition coefficient (Wildman–Crippen LogP) is 2.84. The summed E-state index contributed by atoms with van der Waals surface area (Å²) in [6.45, 7) is 9.24. The summed E-state index contributed by atoms with van der Waals surface area (Å²) in [5.41, 5.74) is 1.07. The summed E-state index contributed by atoms with van der Waals surface area (Å²) in [7, 11) is 0. The number of aliphatic hydroxyl groups is 2. The fourth-order valence-electron chi connectivity index (χ4n) is 1.65. The normalized spacial score (nSPS) is 15.9. The third kappa shape index (κ3) is 2.83. The van der Waals surface area contributed by atoms with Gasteiger partial charge in [-0.2, -0.15) is 0 Å². The van der Waals surface area contributed by atoms with Gasteiger partial charge < -0.3 is 10.2 Å². The third-order valence-electron chi connectivity index (χ3n) is 3.09. The van der Waals surface area contributed by atoms with E-state index in [4.69, 9.17) is 0 Å². The van der Waals surface area contributed by atoms with Gasteiger partial charge >= 0.3 is 0 Å². The highest BCUT2D eigenvalue weighted by Crippen LogP contribution is 2.29. The van der Waals surface area contributed by atoms with Crippen LogP contribution in [0.25, 0.3) is 0 Å². The molecule has 0 fully saturated rings. The van der Waals surface area contributed by atoms with E-state index in [1.165, 1.54) is 0 Å². The average molecular weight is 222 g/mol. The van der Waals surface area contributed by atoms with Crippen LogP contribution in [0.1, 0.15) is 50.8 Å². The maximum atomic E-state index is 10.2. The van der Waals surface area contributed by atoms with Crippen molar-refractivity contribution in [1.82, 2.24) is 0 Å². The van der Waals surface area contributed by atoms with Crippen molar-refractivity contribution in [3.05, 3.63) is 34.9 Å². The summed E-state index contributed by atoms with van der Waals surface area (Å²) in [5.74, 6) is 0. The van der Waals surface area contributed by atoms with Crippen LogP contribution in [-0.4, -0.2) is 10.2 Å². The molecule has 0 saturated heterocycles. The van der Waals surface area contributed by atoms with Gasteiger partial charge in [-0.25, -0.2) is 0 Å². The van der Waals surface area contributed by atoms with Gasteiger partial charge in [0, 0.05) is 0 Å². The molecule has 2 N–H and O–H groups in total. The highest BCUT2D eigenvalue weighted by molar-refractivity contribution is 5.35. The van der Waals surface area contributed by atoms with Gasteiger partial charge in [-0.3, -0.25) is 0 Å². The Labute approximate surface area is 97.9 Å². The Bertz CT molecular complexity index is 373. The van der Waals surface area contributed by atoms with Crippen LogP contribution in [0.3, 0.4) is 0 Å². The van der Waals surface area contributed by atoms with Crippen molar-refractivity contribution < 1.29 is 10.2 Å². The molecule has 0 saturated carbocycles. The third-order valence-corrected chi connectivity index (χ3v) is 3.09. The van der Waals surface area contributed by atoms with Crippen LogP contribution in [0.4, 0.5) is 0 Å². The molecule has 0 aliphatic carbocycles. The fourth-order valence-corrected chi connectivity index (χ4v) is 1.65. The van der Waals surface area contributed by atoms with Gasteiger partial charge in [0.2, 0.25) is 0 Å². The van der Waals surface area contributed by atoms with Gasteiger partial charge in [0.25, 0.3) is 0 Å². The Kier molecular flexibility index (Phi) is 3.46. The van der Waals surface area contributed by atoms with E-state index < -0.39 is 11.2 Å². The van der Waals surface area contributed by atoms with Gasteiger partial charge in [0.05, 0.1) is 11.2 Å². The molecule has 0 bridgehead atoms. The van der Waals surface area contributed by atoms with Crippen molar-refractivity contribution >= 4 is 0 Å². The zero-order valence-corrected chi connectivity index (χ0v) is 10.8. The van der Waals surface area contributed by atoms with Crippen LogP contribution in [0.2, 0.25) is 0 Å². The minimum atomic E-state index is -0.870. The second kappa shape index (κ2) is 4.19. The first kappa shape index (κ1) is 13.2. The van der Waals surface area contributed by atoms with Gasteiger partial charge in [-0.15, -0.1) is 0 Å². The zero-order valence-electron chi connectivity index (χ0n) is 10.8. The molecule has 0 aliphatic rings. The molecule has 1 aromatic carbocycles. The van der Waals surface area contributed by atoms with E-state index in [1.54, 1.807) is 20.8 Å². The van der Waals surface area contributed by atoms with E-state index >= 15 is 0 Å². The molecule has 1 aromatic rings. The molecule has 0 radical (unpaired) electrons. The van der Waals surface area contributed by atoms with Crippen LogP contribution < -0.4 is 0 Å². The zero-order chi connectivity index (χ0) is 12.6. The number of hydrogen-bond donors (Lipinski definition) is 2. The summed E-state index contributed by atoms with van der Waals surface area (Å²) in [6, 6.07) is 5.81. The molecule has 16 heavy (non-hydrogen) atoms. The summed E-state index contributed by atoms with van der Waals surface area (Å²) in [4.78, 5) is 0. The van der Waals surface area contributed by atoms with Crippen molar-refractivity contribution in [2.75, 3.05) is 0 Å². The van der Waals surface area contributed by atoms with Crippen LogP contribution >= 0.6 is 0 Å². The van der Waals surface area contributed by atoms with Crippen LogP contribution in [0.15, 0.2) is 18.2 Å². The highest BCUT2D eigenvalue weighted by Gasteiger charge is 2.24. The van der Waals surface area contributed by atoms with E-state index in [2.05, 4.69) is 0 Å². The number of rotatable bonds is 3. The summed E-state index contributed by atoms with van der Waals surface area (Å²) in [6.07, 6.45) is 0.655. The van der Waals surface area contributed by atoms with Gasteiger partial charge in [0.15, 0.2) is 0 Å². The molecule has 1 unspecified atom stereocenters. The molecule has 1 atom stereocenters. The van der Waals surface area contributed by atoms with Gasteiger partial charge in [-0.05, 0) is 45.2 Å². The second-order valence-electron chi connectivity index (χ2n) is 5.27. The van der Waals surface area contributed by atoms with Crippen molar-refractivity contribution in [3.8, 4) is 0 Å². The summed E-state index contributed by atoms with van der Waals surface area (Å²) in [5, 5.41) is 20.2. The first-order valence-electron chi connectivity index (χ1n) is 5.74. The summed E-state index contributed by atoms with van der Waals surface area (Å²) >= 11 is 0. The maximum Gasteiger partial charge on any atom is 0.0866 e. The lowest BCUT2D eigenvalue weighted by Crippen LogP contribution is -2.22. The van der Waals surface area contributed by atoms with E-state index in [1.807, 2.05) is 32.0 Å². The van der Waals surface area contributed by atoms with Gasteiger partial charge in [0.1, 0.15) is 0 Å². The number of benzene rings is 1. The minimum Gasteiger partial charge on any atom is -0.386 e. The maximum absolute atomic E-state index is 10.2. The molecule has 2 nitrogen and oxygen atoms in total. The molecule has 0 aliphatic heterocycles. The lowest BCUT2D eigenvalue weighted by Gasteiger charge is -2.26. The van der Waals surface area contributed by atoms with Gasteiger partial charge in [-0.1, -0.05) is 30.7 Å². The molecule has 90 valence electrons. The lowest BCUT2D eigenvalue weighted by molar-refractivity contribution is 0.0513. The Hall–Kier alpha value is -0.860. The molecule has 1 rings (SSSR count). The number of hydrogen-bond acceptors (Lipinski definition) is 2. The average Bonchev–Trinajstić information content (AvgIpc) is 2.15. The topological polar surface area (TPSA) is 40.5 Å². The SMILES string of the molecule is CCC(C)(O)c1cc(C)cc(C(C)(C)O)c1. The van der Waals surface area contributed by atoms with Crippen LogP contribution in [0.5, 0.6) is 0 Å². The van der Waals surface area contributed by atoms with E-state index in [0.29, 0.717) is 6.42 Å². The molecular formula is C14H22O2. The Morgan fingerprint density at radius 1 is 1.00 bits per heavy atom.